The summed E-state index contributed by atoms with van der Waals surface area (Å²) < 4.78 is 0. The van der Waals surface area contributed by atoms with E-state index in [0.29, 0.717) is 17.1 Å². The van der Waals surface area contributed by atoms with Gasteiger partial charge in [0.1, 0.15) is 0 Å². The Kier molecular flexibility index (Phi) is 3.44. The Morgan fingerprint density at radius 1 is 1.47 bits per heavy atom. The number of carbonyl (C=O) groups excluding carboxylic acids is 1. The maximum atomic E-state index is 11.8. The van der Waals surface area contributed by atoms with Gasteiger partial charge in [0.2, 0.25) is 0 Å². The lowest BCUT2D eigenvalue weighted by molar-refractivity contribution is 0.0950. The fourth-order valence-electron chi connectivity index (χ4n) is 1.53. The Morgan fingerprint density at radius 3 is 2.94 bits per heavy atom. The van der Waals surface area contributed by atoms with E-state index < -0.39 is 0 Å². The molecular weight excluding hydrogens is 238 g/mol. The molecule has 0 atom stereocenters. The number of H-pyrrole nitrogens is 1. The Balaban J connectivity index is 2.04. The van der Waals surface area contributed by atoms with Crippen molar-refractivity contribution in [2.24, 2.45) is 0 Å². The van der Waals surface area contributed by atoms with Crippen LogP contribution in [-0.2, 0) is 6.54 Å². The number of halogens is 1. The van der Waals surface area contributed by atoms with Crippen molar-refractivity contribution in [3.63, 3.8) is 0 Å². The van der Waals surface area contributed by atoms with E-state index in [1.165, 1.54) is 0 Å². The fourth-order valence-corrected chi connectivity index (χ4v) is 1.82. The van der Waals surface area contributed by atoms with Crippen LogP contribution in [0.15, 0.2) is 30.5 Å². The number of benzene rings is 1. The maximum Gasteiger partial charge on any atom is 0.251 e. The summed E-state index contributed by atoms with van der Waals surface area (Å²) in [7, 11) is 0. The number of aromatic amines is 1. The zero-order valence-electron chi connectivity index (χ0n) is 9.33. The van der Waals surface area contributed by atoms with Crippen LogP contribution in [0.5, 0.6) is 0 Å². The van der Waals surface area contributed by atoms with Gasteiger partial charge >= 0.3 is 0 Å². The number of aromatic nitrogens is 2. The van der Waals surface area contributed by atoms with Gasteiger partial charge in [-0.15, -0.1) is 0 Å². The SMILES string of the molecule is Cc1cc(Cl)cc(C(=O)NCc2ccn[nH]2)c1. The highest BCUT2D eigenvalue weighted by Gasteiger charge is 2.07. The number of hydrogen-bond acceptors (Lipinski definition) is 2. The van der Waals surface area contributed by atoms with Gasteiger partial charge in [-0.2, -0.15) is 5.10 Å². The molecular formula is C12H12ClN3O. The summed E-state index contributed by atoms with van der Waals surface area (Å²) in [5, 5.41) is 9.93. The fraction of sp³-hybridized carbons (Fsp3) is 0.167. The first-order chi connectivity index (χ1) is 8.15. The van der Waals surface area contributed by atoms with Crippen molar-refractivity contribution in [1.82, 2.24) is 15.5 Å². The third-order valence-electron chi connectivity index (χ3n) is 2.30. The molecule has 0 aliphatic carbocycles. The summed E-state index contributed by atoms with van der Waals surface area (Å²) in [6, 6.07) is 7.07. The Morgan fingerprint density at radius 2 is 2.29 bits per heavy atom. The number of aryl methyl sites for hydroxylation is 1. The molecule has 2 N–H and O–H groups in total. The Labute approximate surface area is 104 Å². The number of carbonyl (C=O) groups is 1. The molecule has 5 heteroatoms. The smallest absolute Gasteiger partial charge is 0.251 e. The third kappa shape index (κ3) is 3.07. The quantitative estimate of drug-likeness (QED) is 0.877. The molecule has 2 rings (SSSR count). The molecule has 88 valence electrons. The summed E-state index contributed by atoms with van der Waals surface area (Å²) in [4.78, 5) is 11.8. The van der Waals surface area contributed by atoms with Crippen LogP contribution < -0.4 is 5.32 Å². The van der Waals surface area contributed by atoms with Gasteiger partial charge in [-0.3, -0.25) is 9.89 Å². The Hall–Kier alpha value is -1.81. The highest BCUT2D eigenvalue weighted by atomic mass is 35.5. The molecule has 0 unspecified atom stereocenters. The van der Waals surface area contributed by atoms with Crippen molar-refractivity contribution in [2.45, 2.75) is 13.5 Å². The normalized spacial score (nSPS) is 10.2. The van der Waals surface area contributed by atoms with Gasteiger partial charge in [-0.05, 0) is 36.8 Å². The van der Waals surface area contributed by atoms with E-state index in [2.05, 4.69) is 15.5 Å². The van der Waals surface area contributed by atoms with E-state index in [-0.39, 0.29) is 5.91 Å². The second-order valence-corrected chi connectivity index (χ2v) is 4.22. The molecule has 2 aromatic rings. The molecule has 1 aromatic carbocycles. The summed E-state index contributed by atoms with van der Waals surface area (Å²) >= 11 is 5.90. The monoisotopic (exact) mass is 249 g/mol. The highest BCUT2D eigenvalue weighted by Crippen LogP contribution is 2.14. The van der Waals surface area contributed by atoms with E-state index in [1.807, 2.05) is 19.1 Å². The van der Waals surface area contributed by atoms with E-state index in [1.54, 1.807) is 18.3 Å². The summed E-state index contributed by atoms with van der Waals surface area (Å²) in [5.74, 6) is -0.148. The molecule has 4 nitrogen and oxygen atoms in total. The standard InChI is InChI=1S/C12H12ClN3O/c1-8-4-9(6-10(13)5-8)12(17)14-7-11-2-3-15-16-11/h2-6H,7H2,1H3,(H,14,17)(H,15,16). The van der Waals surface area contributed by atoms with Gasteiger partial charge in [0.15, 0.2) is 0 Å². The van der Waals surface area contributed by atoms with Crippen LogP contribution in [0.1, 0.15) is 21.6 Å². The van der Waals surface area contributed by atoms with Crippen LogP contribution in [0, 0.1) is 6.92 Å². The van der Waals surface area contributed by atoms with E-state index in [4.69, 9.17) is 11.6 Å². The van der Waals surface area contributed by atoms with E-state index >= 15 is 0 Å². The molecule has 0 radical (unpaired) electrons. The van der Waals surface area contributed by atoms with Gasteiger partial charge in [0.25, 0.3) is 5.91 Å². The van der Waals surface area contributed by atoms with Crippen LogP contribution in [0.3, 0.4) is 0 Å². The lowest BCUT2D eigenvalue weighted by atomic mass is 10.1. The second kappa shape index (κ2) is 5.01. The van der Waals surface area contributed by atoms with Crippen molar-refractivity contribution in [3.8, 4) is 0 Å². The van der Waals surface area contributed by atoms with Crippen molar-refractivity contribution >= 4 is 17.5 Å². The molecule has 0 bridgehead atoms. The second-order valence-electron chi connectivity index (χ2n) is 3.78. The largest absolute Gasteiger partial charge is 0.346 e. The predicted molar refractivity (Wildman–Crippen MR) is 65.9 cm³/mol. The highest BCUT2D eigenvalue weighted by molar-refractivity contribution is 6.31. The topological polar surface area (TPSA) is 57.8 Å². The summed E-state index contributed by atoms with van der Waals surface area (Å²) in [6.45, 7) is 2.32. The van der Waals surface area contributed by atoms with Gasteiger partial charge in [-0.25, -0.2) is 0 Å². The van der Waals surface area contributed by atoms with Crippen LogP contribution in [0.4, 0.5) is 0 Å². The van der Waals surface area contributed by atoms with Crippen molar-refractivity contribution in [3.05, 3.63) is 52.3 Å². The van der Waals surface area contributed by atoms with Crippen molar-refractivity contribution in [2.75, 3.05) is 0 Å². The number of nitrogens with one attached hydrogen (secondary N) is 2. The zero-order valence-corrected chi connectivity index (χ0v) is 10.1. The van der Waals surface area contributed by atoms with Gasteiger partial charge in [0, 0.05) is 16.8 Å². The lowest BCUT2D eigenvalue weighted by Gasteiger charge is -2.05. The number of rotatable bonds is 3. The molecule has 0 aliphatic heterocycles. The number of amides is 1. The van der Waals surface area contributed by atoms with E-state index in [0.717, 1.165) is 11.3 Å². The molecule has 1 aromatic heterocycles. The molecule has 17 heavy (non-hydrogen) atoms. The predicted octanol–water partition coefficient (Wildman–Crippen LogP) is 2.30. The number of hydrogen-bond donors (Lipinski definition) is 2. The summed E-state index contributed by atoms with van der Waals surface area (Å²) in [5.41, 5.74) is 2.39. The summed E-state index contributed by atoms with van der Waals surface area (Å²) in [6.07, 6.45) is 1.64. The molecule has 1 heterocycles. The zero-order chi connectivity index (χ0) is 12.3. The van der Waals surface area contributed by atoms with Gasteiger partial charge in [-0.1, -0.05) is 11.6 Å². The number of nitrogens with zero attached hydrogens (tertiary/aromatic N) is 1. The van der Waals surface area contributed by atoms with Gasteiger partial charge < -0.3 is 5.32 Å². The van der Waals surface area contributed by atoms with Crippen LogP contribution >= 0.6 is 11.6 Å². The minimum atomic E-state index is -0.148. The average molecular weight is 250 g/mol. The molecule has 0 saturated carbocycles. The van der Waals surface area contributed by atoms with Crippen LogP contribution in [-0.4, -0.2) is 16.1 Å². The molecule has 1 amide bonds. The first kappa shape index (κ1) is 11.7. The average Bonchev–Trinajstić information content (AvgIpc) is 2.77. The minimum absolute atomic E-state index is 0.148. The van der Waals surface area contributed by atoms with Crippen LogP contribution in [0.25, 0.3) is 0 Å². The molecule has 0 fully saturated rings. The third-order valence-corrected chi connectivity index (χ3v) is 2.52. The Bertz CT molecular complexity index is 502. The van der Waals surface area contributed by atoms with E-state index in [9.17, 15) is 4.79 Å². The van der Waals surface area contributed by atoms with Gasteiger partial charge in [0.05, 0.1) is 12.2 Å². The first-order valence-electron chi connectivity index (χ1n) is 5.19. The van der Waals surface area contributed by atoms with Crippen molar-refractivity contribution < 1.29 is 4.79 Å². The molecule has 0 saturated heterocycles. The maximum absolute atomic E-state index is 11.8. The lowest BCUT2D eigenvalue weighted by Crippen LogP contribution is -2.23. The van der Waals surface area contributed by atoms with Crippen LogP contribution in [0.2, 0.25) is 5.02 Å². The molecule has 0 spiro atoms. The van der Waals surface area contributed by atoms with Crippen molar-refractivity contribution in [1.29, 1.82) is 0 Å². The minimum Gasteiger partial charge on any atom is -0.346 e. The molecule has 0 aliphatic rings. The first-order valence-corrected chi connectivity index (χ1v) is 5.56.